The Kier molecular flexibility index (Phi) is 3.96. The smallest absolute Gasteiger partial charge is 0.257 e. The fraction of sp³-hybridized carbons (Fsp3) is 0.500. The van der Waals surface area contributed by atoms with Crippen LogP contribution in [0.2, 0.25) is 0 Å². The summed E-state index contributed by atoms with van der Waals surface area (Å²) < 4.78 is 35.4. The number of carbonyl (C=O) groups excluding carboxylic acids is 1. The first-order valence-corrected chi connectivity index (χ1v) is 8.94. The van der Waals surface area contributed by atoms with Gasteiger partial charge in [-0.2, -0.15) is 4.31 Å². The van der Waals surface area contributed by atoms with E-state index in [0.717, 1.165) is 0 Å². The van der Waals surface area contributed by atoms with Crippen LogP contribution in [0.15, 0.2) is 18.2 Å². The SMILES string of the molecule is CS(=O)(=O)N1CCN(C(=O)c2cccc3c2OCCO3)CC1. The maximum Gasteiger partial charge on any atom is 0.257 e. The third kappa shape index (κ3) is 2.89. The lowest BCUT2D eigenvalue weighted by Crippen LogP contribution is -2.50. The normalized spacial score (nSPS) is 19.0. The molecule has 0 radical (unpaired) electrons. The van der Waals surface area contributed by atoms with E-state index in [1.54, 1.807) is 23.1 Å². The van der Waals surface area contributed by atoms with E-state index < -0.39 is 10.0 Å². The highest BCUT2D eigenvalue weighted by Crippen LogP contribution is 2.34. The van der Waals surface area contributed by atoms with E-state index in [-0.39, 0.29) is 5.91 Å². The molecule has 3 rings (SSSR count). The Morgan fingerprint density at radius 3 is 2.45 bits per heavy atom. The summed E-state index contributed by atoms with van der Waals surface area (Å²) in [6.45, 7) is 2.26. The molecule has 0 spiro atoms. The molecule has 1 fully saturated rings. The molecule has 1 aromatic carbocycles. The van der Waals surface area contributed by atoms with Crippen LogP contribution in [0.4, 0.5) is 0 Å². The van der Waals surface area contributed by atoms with Crippen molar-refractivity contribution >= 4 is 15.9 Å². The zero-order chi connectivity index (χ0) is 15.7. The van der Waals surface area contributed by atoms with E-state index in [9.17, 15) is 13.2 Å². The number of fused-ring (bicyclic) bond motifs is 1. The lowest BCUT2D eigenvalue weighted by atomic mass is 10.1. The van der Waals surface area contributed by atoms with E-state index in [1.807, 2.05) is 0 Å². The molecule has 1 saturated heterocycles. The number of rotatable bonds is 2. The highest BCUT2D eigenvalue weighted by atomic mass is 32.2. The van der Waals surface area contributed by atoms with Crippen LogP contribution < -0.4 is 9.47 Å². The predicted octanol–water partition coefficient (Wildman–Crippen LogP) is 0.175. The number of amides is 1. The number of sulfonamides is 1. The molecule has 0 atom stereocenters. The van der Waals surface area contributed by atoms with Crippen molar-refractivity contribution in [3.63, 3.8) is 0 Å². The van der Waals surface area contributed by atoms with Crippen molar-refractivity contribution in [2.45, 2.75) is 0 Å². The van der Waals surface area contributed by atoms with Crippen molar-refractivity contribution in [2.24, 2.45) is 0 Å². The van der Waals surface area contributed by atoms with E-state index in [2.05, 4.69) is 0 Å². The zero-order valence-electron chi connectivity index (χ0n) is 12.3. The number of benzene rings is 1. The third-order valence-corrected chi connectivity index (χ3v) is 5.09. The Labute approximate surface area is 129 Å². The molecular weight excluding hydrogens is 308 g/mol. The van der Waals surface area contributed by atoms with Crippen LogP contribution in [0.25, 0.3) is 0 Å². The molecule has 0 aromatic heterocycles. The number of para-hydroxylation sites is 1. The molecule has 0 N–H and O–H groups in total. The highest BCUT2D eigenvalue weighted by Gasteiger charge is 2.29. The van der Waals surface area contributed by atoms with Gasteiger partial charge in [-0.1, -0.05) is 6.07 Å². The summed E-state index contributed by atoms with van der Waals surface area (Å²) in [4.78, 5) is 14.3. The summed E-state index contributed by atoms with van der Waals surface area (Å²) in [5.74, 6) is 0.895. The van der Waals surface area contributed by atoms with Gasteiger partial charge in [-0.15, -0.1) is 0 Å². The van der Waals surface area contributed by atoms with Crippen LogP contribution in [0, 0.1) is 0 Å². The Balaban J connectivity index is 1.76. The summed E-state index contributed by atoms with van der Waals surface area (Å²) in [6.07, 6.45) is 1.18. The van der Waals surface area contributed by atoms with Crippen LogP contribution >= 0.6 is 0 Å². The average molecular weight is 326 g/mol. The maximum atomic E-state index is 12.7. The van der Waals surface area contributed by atoms with Gasteiger partial charge in [-0.3, -0.25) is 4.79 Å². The van der Waals surface area contributed by atoms with Gasteiger partial charge in [-0.05, 0) is 12.1 Å². The van der Waals surface area contributed by atoms with Gasteiger partial charge < -0.3 is 14.4 Å². The van der Waals surface area contributed by atoms with E-state index >= 15 is 0 Å². The topological polar surface area (TPSA) is 76.2 Å². The molecule has 2 aliphatic rings. The number of ether oxygens (including phenoxy) is 2. The Hall–Kier alpha value is -1.80. The summed E-state index contributed by atoms with van der Waals surface area (Å²) in [5.41, 5.74) is 0.463. The minimum atomic E-state index is -3.20. The minimum Gasteiger partial charge on any atom is -0.486 e. The van der Waals surface area contributed by atoms with Crippen molar-refractivity contribution in [2.75, 3.05) is 45.6 Å². The molecule has 7 nitrogen and oxygen atoms in total. The molecule has 0 bridgehead atoms. The Morgan fingerprint density at radius 1 is 1.09 bits per heavy atom. The number of carbonyl (C=O) groups is 1. The predicted molar refractivity (Wildman–Crippen MR) is 79.8 cm³/mol. The molecule has 1 aromatic rings. The Morgan fingerprint density at radius 2 is 1.77 bits per heavy atom. The summed E-state index contributed by atoms with van der Waals surface area (Å²) in [7, 11) is -3.20. The molecule has 8 heteroatoms. The van der Waals surface area contributed by atoms with Gasteiger partial charge in [0.1, 0.15) is 13.2 Å². The van der Waals surface area contributed by atoms with Crippen LogP contribution in [0.5, 0.6) is 11.5 Å². The Bertz CT molecular complexity index is 680. The summed E-state index contributed by atoms with van der Waals surface area (Å²) in [6, 6.07) is 5.24. The summed E-state index contributed by atoms with van der Waals surface area (Å²) >= 11 is 0. The first-order chi connectivity index (χ1) is 10.5. The second-order valence-electron chi connectivity index (χ2n) is 5.28. The second-order valence-corrected chi connectivity index (χ2v) is 7.27. The lowest BCUT2D eigenvalue weighted by Gasteiger charge is -2.33. The monoisotopic (exact) mass is 326 g/mol. The van der Waals surface area contributed by atoms with Gasteiger partial charge >= 0.3 is 0 Å². The van der Waals surface area contributed by atoms with Gasteiger partial charge in [0, 0.05) is 26.2 Å². The fourth-order valence-electron chi connectivity index (χ4n) is 2.64. The fourth-order valence-corrected chi connectivity index (χ4v) is 3.46. The zero-order valence-corrected chi connectivity index (χ0v) is 13.1. The van der Waals surface area contributed by atoms with E-state index in [0.29, 0.717) is 56.5 Å². The largest absolute Gasteiger partial charge is 0.486 e. The maximum absolute atomic E-state index is 12.7. The van der Waals surface area contributed by atoms with Gasteiger partial charge in [0.15, 0.2) is 11.5 Å². The van der Waals surface area contributed by atoms with Crippen LogP contribution in [-0.2, 0) is 10.0 Å². The molecule has 2 aliphatic heterocycles. The number of nitrogens with zero attached hydrogens (tertiary/aromatic N) is 2. The van der Waals surface area contributed by atoms with Gasteiger partial charge in [-0.25, -0.2) is 8.42 Å². The van der Waals surface area contributed by atoms with Gasteiger partial charge in [0.2, 0.25) is 10.0 Å². The first-order valence-electron chi connectivity index (χ1n) is 7.10. The average Bonchev–Trinajstić information content (AvgIpc) is 2.53. The van der Waals surface area contributed by atoms with Crippen molar-refractivity contribution < 1.29 is 22.7 Å². The number of hydrogen-bond acceptors (Lipinski definition) is 5. The van der Waals surface area contributed by atoms with Crippen LogP contribution in [0.3, 0.4) is 0 Å². The molecule has 0 unspecified atom stereocenters. The minimum absolute atomic E-state index is 0.157. The molecular formula is C14H18N2O5S. The van der Waals surface area contributed by atoms with Crippen molar-refractivity contribution in [3.05, 3.63) is 23.8 Å². The van der Waals surface area contributed by atoms with Crippen molar-refractivity contribution in [1.82, 2.24) is 9.21 Å². The van der Waals surface area contributed by atoms with Crippen molar-refractivity contribution in [3.8, 4) is 11.5 Å². The number of piperazine rings is 1. The highest BCUT2D eigenvalue weighted by molar-refractivity contribution is 7.88. The third-order valence-electron chi connectivity index (χ3n) is 3.79. The molecule has 120 valence electrons. The van der Waals surface area contributed by atoms with Crippen molar-refractivity contribution in [1.29, 1.82) is 0 Å². The van der Waals surface area contributed by atoms with Gasteiger partial charge in [0.25, 0.3) is 5.91 Å². The standard InChI is InChI=1S/C14H18N2O5S/c1-22(18,19)16-7-5-15(6-8-16)14(17)11-3-2-4-12-13(11)21-10-9-20-12/h2-4H,5-10H2,1H3. The lowest BCUT2D eigenvalue weighted by molar-refractivity contribution is 0.0688. The molecule has 1 amide bonds. The molecule has 0 aliphatic carbocycles. The molecule has 2 heterocycles. The quantitative estimate of drug-likeness (QED) is 0.775. The van der Waals surface area contributed by atoms with E-state index in [4.69, 9.17) is 9.47 Å². The molecule has 0 saturated carbocycles. The van der Waals surface area contributed by atoms with E-state index in [1.165, 1.54) is 10.6 Å². The number of hydrogen-bond donors (Lipinski definition) is 0. The van der Waals surface area contributed by atoms with Crippen LogP contribution in [0.1, 0.15) is 10.4 Å². The van der Waals surface area contributed by atoms with Crippen LogP contribution in [-0.4, -0.2) is 69.2 Å². The van der Waals surface area contributed by atoms with Gasteiger partial charge in [0.05, 0.1) is 11.8 Å². The second kappa shape index (κ2) is 5.77. The summed E-state index contributed by atoms with van der Waals surface area (Å²) in [5, 5.41) is 0. The first kappa shape index (κ1) is 15.1. The molecule has 22 heavy (non-hydrogen) atoms.